The maximum Gasteiger partial charge on any atom is 0.288 e. The van der Waals surface area contributed by atoms with Crippen LogP contribution >= 0.6 is 9.24 Å². The number of carbonyl (C=O) groups excluding carboxylic acids is 5. The van der Waals surface area contributed by atoms with Crippen LogP contribution in [0.1, 0.15) is 51.4 Å². The molecule has 0 bridgehead atoms. The van der Waals surface area contributed by atoms with Crippen LogP contribution in [-0.2, 0) is 36.9 Å². The number of aromatic nitrogens is 3. The molecular weight excluding hydrogens is 397 g/mol. The van der Waals surface area contributed by atoms with Gasteiger partial charge in [-0.15, -0.1) is 5.10 Å². The minimum Gasteiger partial charge on any atom is -0.346 e. The summed E-state index contributed by atoms with van der Waals surface area (Å²) in [6.07, 6.45) is 0.652. The molecule has 0 aliphatic rings. The quantitative estimate of drug-likeness (QED) is 0.351. The second-order valence-corrected chi connectivity index (χ2v) is 7.24. The van der Waals surface area contributed by atoms with E-state index in [9.17, 15) is 24.0 Å². The first-order chi connectivity index (χ1) is 13.6. The lowest BCUT2D eigenvalue weighted by molar-refractivity contribution is -0.138. The van der Waals surface area contributed by atoms with Crippen LogP contribution in [-0.4, -0.2) is 56.0 Å². The molecule has 0 saturated heterocycles. The van der Waals surface area contributed by atoms with Gasteiger partial charge in [-0.1, -0.05) is 28.3 Å². The summed E-state index contributed by atoms with van der Waals surface area (Å²) in [7, 11) is 2.05. The summed E-state index contributed by atoms with van der Waals surface area (Å²) in [5.74, 6) is -2.12. The number of ketones is 2. The number of rotatable bonds is 12. The number of nitrogens with zero attached hydrogens (tertiary/aromatic N) is 3. The van der Waals surface area contributed by atoms with E-state index < -0.39 is 23.8 Å². The lowest BCUT2D eigenvalue weighted by atomic mass is 10.1. The van der Waals surface area contributed by atoms with Gasteiger partial charge in [-0.25, -0.2) is 4.68 Å². The number of aryl methyl sites for hydroxylation is 2. The van der Waals surface area contributed by atoms with Crippen LogP contribution in [0.3, 0.4) is 0 Å². The molecule has 11 heteroatoms. The predicted octanol–water partition coefficient (Wildman–Crippen LogP) is -0.131. The van der Waals surface area contributed by atoms with Crippen molar-refractivity contribution in [1.82, 2.24) is 25.6 Å². The third-order valence-corrected chi connectivity index (χ3v) is 4.86. The summed E-state index contributed by atoms with van der Waals surface area (Å²) in [4.78, 5) is 59.3. The van der Waals surface area contributed by atoms with Gasteiger partial charge >= 0.3 is 0 Å². The second kappa shape index (κ2) is 11.5. The molecule has 0 saturated carbocycles. The smallest absolute Gasteiger partial charge is 0.288 e. The van der Waals surface area contributed by atoms with E-state index in [4.69, 9.17) is 0 Å². The summed E-state index contributed by atoms with van der Waals surface area (Å²) < 4.78 is 1.39. The Kier molecular flexibility index (Phi) is 9.74. The summed E-state index contributed by atoms with van der Waals surface area (Å²) in [6.45, 7) is 6.66. The van der Waals surface area contributed by atoms with Crippen molar-refractivity contribution in [2.24, 2.45) is 0 Å². The van der Waals surface area contributed by atoms with Crippen molar-refractivity contribution in [2.75, 3.05) is 0 Å². The van der Waals surface area contributed by atoms with Crippen molar-refractivity contribution < 1.29 is 24.0 Å². The van der Waals surface area contributed by atoms with E-state index in [1.807, 2.05) is 9.24 Å². The summed E-state index contributed by atoms with van der Waals surface area (Å²) >= 11 is 0. The van der Waals surface area contributed by atoms with Crippen molar-refractivity contribution in [3.63, 3.8) is 0 Å². The SMILES string of the molecule is CCC(NC(=O)C(=O)Cc1c(C)nnn1CCC(=O)NC(CC)C(=O)P)C(C)=O. The largest absolute Gasteiger partial charge is 0.346 e. The average Bonchev–Trinajstić information content (AvgIpc) is 3.01. The first-order valence-corrected chi connectivity index (χ1v) is 10.00. The van der Waals surface area contributed by atoms with Crippen LogP contribution in [0.25, 0.3) is 0 Å². The molecule has 3 atom stereocenters. The van der Waals surface area contributed by atoms with E-state index in [-0.39, 0.29) is 36.6 Å². The van der Waals surface area contributed by atoms with Gasteiger partial charge in [-0.2, -0.15) is 0 Å². The second-order valence-electron chi connectivity index (χ2n) is 6.67. The molecule has 0 spiro atoms. The Morgan fingerprint density at radius 2 is 1.69 bits per heavy atom. The van der Waals surface area contributed by atoms with Gasteiger partial charge in [0.25, 0.3) is 5.91 Å². The number of carbonyl (C=O) groups is 5. The fourth-order valence-electron chi connectivity index (χ4n) is 2.63. The first-order valence-electron chi connectivity index (χ1n) is 9.42. The molecule has 1 aromatic heterocycles. The van der Waals surface area contributed by atoms with Gasteiger partial charge in [-0.05, 0) is 26.7 Å². The summed E-state index contributed by atoms with van der Waals surface area (Å²) in [5, 5.41) is 12.9. The van der Waals surface area contributed by atoms with E-state index >= 15 is 0 Å². The molecule has 3 unspecified atom stereocenters. The highest BCUT2D eigenvalue weighted by molar-refractivity contribution is 7.40. The molecule has 0 fully saturated rings. The molecule has 1 heterocycles. The van der Waals surface area contributed by atoms with Gasteiger partial charge in [0.2, 0.25) is 11.7 Å². The van der Waals surface area contributed by atoms with E-state index in [1.54, 1.807) is 20.8 Å². The van der Waals surface area contributed by atoms with Gasteiger partial charge in [0.15, 0.2) is 11.3 Å². The zero-order valence-electron chi connectivity index (χ0n) is 17.2. The lowest BCUT2D eigenvalue weighted by Crippen LogP contribution is -2.43. The molecular formula is C18H28N5O5P. The fraction of sp³-hybridized carbons (Fsp3) is 0.611. The average molecular weight is 425 g/mol. The monoisotopic (exact) mass is 425 g/mol. The minimum absolute atomic E-state index is 0.0346. The minimum atomic E-state index is -0.846. The molecule has 2 N–H and O–H groups in total. The molecule has 1 rings (SSSR count). The normalized spacial score (nSPS) is 12.7. The third-order valence-electron chi connectivity index (χ3n) is 4.46. The van der Waals surface area contributed by atoms with Gasteiger partial charge in [0, 0.05) is 6.42 Å². The number of hydrogen-bond acceptors (Lipinski definition) is 7. The zero-order chi connectivity index (χ0) is 22.1. The summed E-state index contributed by atoms with van der Waals surface area (Å²) in [5.41, 5.74) is 0.686. The number of amides is 2. The van der Waals surface area contributed by atoms with E-state index in [0.717, 1.165) is 0 Å². The van der Waals surface area contributed by atoms with Gasteiger partial charge < -0.3 is 10.6 Å². The molecule has 0 aromatic carbocycles. The molecule has 0 radical (unpaired) electrons. The predicted molar refractivity (Wildman–Crippen MR) is 108 cm³/mol. The molecule has 1 aromatic rings. The Bertz CT molecular complexity index is 792. The Balaban J connectivity index is 2.74. The third kappa shape index (κ3) is 7.45. The van der Waals surface area contributed by atoms with Crippen LogP contribution < -0.4 is 10.6 Å². The highest BCUT2D eigenvalue weighted by atomic mass is 31.0. The Morgan fingerprint density at radius 3 is 2.21 bits per heavy atom. The van der Waals surface area contributed by atoms with Crippen molar-refractivity contribution >= 4 is 38.1 Å². The van der Waals surface area contributed by atoms with Crippen molar-refractivity contribution in [3.05, 3.63) is 11.4 Å². The standard InChI is InChI=1S/C18H28N5O5P/c1-5-12(11(4)24)20-17(27)15(25)9-14-10(3)21-22-23(14)8-7-16(26)19-13(6-2)18(28)29/h12-13H,5-9,29H2,1-4H3,(H,19,26)(H,20,27). The Morgan fingerprint density at radius 1 is 1.07 bits per heavy atom. The van der Waals surface area contributed by atoms with Crippen LogP contribution in [0.4, 0.5) is 0 Å². The van der Waals surface area contributed by atoms with E-state index in [0.29, 0.717) is 24.2 Å². The Labute approximate surface area is 171 Å². The van der Waals surface area contributed by atoms with Crippen LogP contribution in [0, 0.1) is 6.92 Å². The molecule has 0 aliphatic carbocycles. The lowest BCUT2D eigenvalue weighted by Gasteiger charge is -2.14. The van der Waals surface area contributed by atoms with Gasteiger partial charge in [0.1, 0.15) is 0 Å². The highest BCUT2D eigenvalue weighted by Crippen LogP contribution is 2.08. The molecule has 2 amide bonds. The number of nitrogens with one attached hydrogen (secondary N) is 2. The maximum absolute atomic E-state index is 12.3. The van der Waals surface area contributed by atoms with Gasteiger partial charge in [-0.3, -0.25) is 24.0 Å². The molecule has 160 valence electrons. The zero-order valence-corrected chi connectivity index (χ0v) is 18.3. The highest BCUT2D eigenvalue weighted by Gasteiger charge is 2.23. The van der Waals surface area contributed by atoms with Crippen LogP contribution in [0.5, 0.6) is 0 Å². The van der Waals surface area contributed by atoms with Crippen molar-refractivity contribution in [2.45, 2.75) is 72.0 Å². The number of hydrogen-bond donors (Lipinski definition) is 2. The first kappa shape index (κ1) is 24.6. The number of Topliss-reactive ketones (excluding diaryl/α,β-unsaturated/α-hetero) is 2. The maximum atomic E-state index is 12.3. The molecule has 10 nitrogen and oxygen atoms in total. The van der Waals surface area contributed by atoms with Gasteiger partial charge in [0.05, 0.1) is 36.4 Å². The summed E-state index contributed by atoms with van der Waals surface area (Å²) in [6, 6.07) is -1.27. The van der Waals surface area contributed by atoms with Crippen molar-refractivity contribution in [3.8, 4) is 0 Å². The van der Waals surface area contributed by atoms with Crippen LogP contribution in [0.2, 0.25) is 0 Å². The van der Waals surface area contributed by atoms with E-state index in [1.165, 1.54) is 11.6 Å². The van der Waals surface area contributed by atoms with Crippen LogP contribution in [0.15, 0.2) is 0 Å². The fourth-order valence-corrected chi connectivity index (χ4v) is 2.95. The molecule has 0 aliphatic heterocycles. The molecule has 29 heavy (non-hydrogen) atoms. The topological polar surface area (TPSA) is 140 Å². The van der Waals surface area contributed by atoms with Crippen molar-refractivity contribution in [1.29, 1.82) is 0 Å². The Hall–Kier alpha value is -2.48. The van der Waals surface area contributed by atoms with E-state index in [2.05, 4.69) is 20.9 Å².